The van der Waals surface area contributed by atoms with Crippen LogP contribution in [0.15, 0.2) is 60.4 Å². The van der Waals surface area contributed by atoms with Crippen LogP contribution in [0, 0.1) is 0 Å². The number of amides is 2. The van der Waals surface area contributed by atoms with Crippen molar-refractivity contribution in [1.29, 1.82) is 0 Å². The number of carboxylic acid groups (broad SMARTS) is 1. The molecule has 4 rings (SSSR count). The number of benzene rings is 2. The van der Waals surface area contributed by atoms with Crippen molar-refractivity contribution in [3.63, 3.8) is 0 Å². The van der Waals surface area contributed by atoms with Crippen LogP contribution in [0.2, 0.25) is 0 Å². The van der Waals surface area contributed by atoms with Gasteiger partial charge >= 0.3 is 12.1 Å². The standard InChI is InChI=1S/C29H35N3O10/c30-12-10-24(34)31-20-15-19(8-9-22(20)41-28-26(35)21(33)16-23(42-28)27(36)37)17-40-29(38)32-13-4-7-25(32)39-14-11-18-5-2-1-3-6-18/h1-3,5-6,8-9,15-16,21,25-26,28,33,35H,4,7,10-14,17,30H2,(H,31,34)(H,36,37)/t21-,25?,26+,28?/m0/s1. The Balaban J connectivity index is 1.39. The third kappa shape index (κ3) is 8.19. The summed E-state index contributed by atoms with van der Waals surface area (Å²) in [5, 5.41) is 32.2. The van der Waals surface area contributed by atoms with Gasteiger partial charge in [-0.2, -0.15) is 0 Å². The molecule has 0 saturated carbocycles. The van der Waals surface area contributed by atoms with Crippen LogP contribution in [-0.2, 0) is 36.8 Å². The Morgan fingerprint density at radius 3 is 2.62 bits per heavy atom. The Kier molecular flexibility index (Phi) is 10.7. The first-order chi connectivity index (χ1) is 20.2. The fourth-order valence-electron chi connectivity index (χ4n) is 4.50. The van der Waals surface area contributed by atoms with Gasteiger partial charge in [-0.15, -0.1) is 0 Å². The van der Waals surface area contributed by atoms with Crippen molar-refractivity contribution in [2.45, 2.75) is 57.0 Å². The lowest BCUT2D eigenvalue weighted by Crippen LogP contribution is -2.46. The van der Waals surface area contributed by atoms with Crippen molar-refractivity contribution >= 4 is 23.7 Å². The highest BCUT2D eigenvalue weighted by Gasteiger charge is 2.37. The third-order valence-electron chi connectivity index (χ3n) is 6.68. The molecule has 2 aromatic rings. The molecule has 0 aromatic heterocycles. The lowest BCUT2D eigenvalue weighted by molar-refractivity contribution is -0.172. The van der Waals surface area contributed by atoms with Crippen LogP contribution in [0.5, 0.6) is 5.75 Å². The molecule has 2 heterocycles. The van der Waals surface area contributed by atoms with E-state index in [-0.39, 0.29) is 37.2 Å². The average molecular weight is 586 g/mol. The number of nitrogens with one attached hydrogen (secondary N) is 1. The molecular weight excluding hydrogens is 550 g/mol. The minimum absolute atomic E-state index is 0.00639. The topological polar surface area (TPSA) is 190 Å². The number of likely N-dealkylation sites (tertiary alicyclic amines) is 1. The Bertz CT molecular complexity index is 1270. The molecule has 0 spiro atoms. The lowest BCUT2D eigenvalue weighted by atomic mass is 10.1. The van der Waals surface area contributed by atoms with Gasteiger partial charge < -0.3 is 45.3 Å². The lowest BCUT2D eigenvalue weighted by Gasteiger charge is -2.31. The molecule has 6 N–H and O–H groups in total. The van der Waals surface area contributed by atoms with Crippen molar-refractivity contribution in [1.82, 2.24) is 4.90 Å². The van der Waals surface area contributed by atoms with E-state index < -0.39 is 42.2 Å². The quantitative estimate of drug-likeness (QED) is 0.244. The van der Waals surface area contributed by atoms with E-state index >= 15 is 0 Å². The molecule has 2 unspecified atom stereocenters. The zero-order valence-corrected chi connectivity index (χ0v) is 22.9. The van der Waals surface area contributed by atoms with E-state index in [0.717, 1.165) is 24.5 Å². The molecule has 226 valence electrons. The largest absolute Gasteiger partial charge is 0.475 e. The molecule has 13 heteroatoms. The van der Waals surface area contributed by atoms with Gasteiger partial charge in [0, 0.05) is 19.5 Å². The fraction of sp³-hybridized carbons (Fsp3) is 0.414. The summed E-state index contributed by atoms with van der Waals surface area (Å²) in [6.07, 6.45) is -2.59. The summed E-state index contributed by atoms with van der Waals surface area (Å²) in [5.74, 6) is -2.46. The number of carbonyl (C=O) groups is 3. The van der Waals surface area contributed by atoms with Crippen LogP contribution in [0.25, 0.3) is 0 Å². The molecule has 2 aliphatic heterocycles. The molecule has 1 saturated heterocycles. The Labute approximate surface area is 242 Å². The number of aliphatic hydroxyl groups is 2. The second-order valence-corrected chi connectivity index (χ2v) is 9.79. The summed E-state index contributed by atoms with van der Waals surface area (Å²) < 4.78 is 22.3. The van der Waals surface area contributed by atoms with E-state index in [0.29, 0.717) is 25.1 Å². The van der Waals surface area contributed by atoms with Crippen LogP contribution in [0.1, 0.15) is 30.4 Å². The number of anilines is 1. The van der Waals surface area contributed by atoms with Gasteiger partial charge in [-0.3, -0.25) is 9.69 Å². The van der Waals surface area contributed by atoms with E-state index in [1.807, 2.05) is 30.3 Å². The number of nitrogens with zero attached hydrogens (tertiary/aromatic N) is 1. The molecule has 0 aliphatic carbocycles. The van der Waals surface area contributed by atoms with E-state index in [1.54, 1.807) is 11.0 Å². The van der Waals surface area contributed by atoms with Gasteiger partial charge in [-0.05, 0) is 48.6 Å². The van der Waals surface area contributed by atoms with E-state index in [9.17, 15) is 29.7 Å². The van der Waals surface area contributed by atoms with Crippen LogP contribution in [0.3, 0.4) is 0 Å². The summed E-state index contributed by atoms with van der Waals surface area (Å²) in [6, 6.07) is 14.4. The normalized spacial score (nSPS) is 21.7. The Hall–Kier alpha value is -4.17. The number of carbonyl (C=O) groups excluding carboxylic acids is 2. The molecule has 2 amide bonds. The van der Waals surface area contributed by atoms with E-state index in [2.05, 4.69) is 5.32 Å². The minimum atomic E-state index is -1.61. The molecule has 2 aromatic carbocycles. The van der Waals surface area contributed by atoms with Gasteiger partial charge in [-0.1, -0.05) is 36.4 Å². The number of carboxylic acids is 1. The fourth-order valence-corrected chi connectivity index (χ4v) is 4.50. The van der Waals surface area contributed by atoms with Crippen LogP contribution >= 0.6 is 0 Å². The molecule has 13 nitrogen and oxygen atoms in total. The molecule has 4 atom stereocenters. The van der Waals surface area contributed by atoms with Crippen molar-refractivity contribution < 1.29 is 48.7 Å². The van der Waals surface area contributed by atoms with Crippen molar-refractivity contribution in [2.75, 3.05) is 25.0 Å². The highest BCUT2D eigenvalue weighted by molar-refractivity contribution is 5.92. The van der Waals surface area contributed by atoms with Gasteiger partial charge in [0.05, 0.1) is 12.3 Å². The van der Waals surface area contributed by atoms with E-state index in [4.69, 9.17) is 24.7 Å². The SMILES string of the molecule is NCCC(=O)Nc1cc(COC(=O)N2CCCC2OCCc2ccccc2)ccc1OC1OC(C(=O)O)=C[C@H](O)[C@H]1O. The maximum Gasteiger partial charge on any atom is 0.412 e. The smallest absolute Gasteiger partial charge is 0.412 e. The predicted octanol–water partition coefficient (Wildman–Crippen LogP) is 1.72. The predicted molar refractivity (Wildman–Crippen MR) is 148 cm³/mol. The number of aliphatic carboxylic acids is 1. The number of rotatable bonds is 12. The molecule has 0 bridgehead atoms. The summed E-state index contributed by atoms with van der Waals surface area (Å²) >= 11 is 0. The number of ether oxygens (including phenoxy) is 4. The van der Waals surface area contributed by atoms with Crippen LogP contribution < -0.4 is 15.8 Å². The van der Waals surface area contributed by atoms with Gasteiger partial charge in [-0.25, -0.2) is 9.59 Å². The van der Waals surface area contributed by atoms with Gasteiger partial charge in [0.15, 0.2) is 6.10 Å². The first-order valence-corrected chi connectivity index (χ1v) is 13.6. The highest BCUT2D eigenvalue weighted by Crippen LogP contribution is 2.31. The van der Waals surface area contributed by atoms with Crippen molar-refractivity contribution in [2.24, 2.45) is 5.73 Å². The van der Waals surface area contributed by atoms with E-state index in [1.165, 1.54) is 12.1 Å². The molecule has 0 radical (unpaired) electrons. The van der Waals surface area contributed by atoms with Crippen molar-refractivity contribution in [3.8, 4) is 5.75 Å². The Morgan fingerprint density at radius 1 is 1.10 bits per heavy atom. The summed E-state index contributed by atoms with van der Waals surface area (Å²) in [6.45, 7) is 0.933. The molecule has 42 heavy (non-hydrogen) atoms. The summed E-state index contributed by atoms with van der Waals surface area (Å²) in [5.41, 5.74) is 7.28. The minimum Gasteiger partial charge on any atom is -0.475 e. The average Bonchev–Trinajstić information content (AvgIpc) is 3.44. The van der Waals surface area contributed by atoms with Gasteiger partial charge in [0.25, 0.3) is 6.29 Å². The molecule has 2 aliphatic rings. The highest BCUT2D eigenvalue weighted by atomic mass is 16.7. The molecular formula is C29H35N3O10. The first kappa shape index (κ1) is 30.8. The summed E-state index contributed by atoms with van der Waals surface area (Å²) in [4.78, 5) is 38.1. The number of nitrogens with two attached hydrogens (primary N) is 1. The monoisotopic (exact) mass is 585 g/mol. The molecule has 1 fully saturated rings. The van der Waals surface area contributed by atoms with Crippen molar-refractivity contribution in [3.05, 3.63) is 71.5 Å². The van der Waals surface area contributed by atoms with Gasteiger partial charge in [0.1, 0.15) is 24.7 Å². The number of aliphatic hydroxyl groups excluding tert-OH is 2. The van der Waals surface area contributed by atoms with Crippen LogP contribution in [0.4, 0.5) is 10.5 Å². The third-order valence-corrected chi connectivity index (χ3v) is 6.68. The summed E-state index contributed by atoms with van der Waals surface area (Å²) in [7, 11) is 0. The maximum atomic E-state index is 12.9. The zero-order valence-electron chi connectivity index (χ0n) is 22.9. The number of hydrogen-bond acceptors (Lipinski definition) is 10. The second kappa shape index (κ2) is 14.6. The second-order valence-electron chi connectivity index (χ2n) is 9.79. The maximum absolute atomic E-state index is 12.9. The number of hydrogen-bond donors (Lipinski definition) is 5. The first-order valence-electron chi connectivity index (χ1n) is 13.6. The Morgan fingerprint density at radius 2 is 1.88 bits per heavy atom. The van der Waals surface area contributed by atoms with Crippen LogP contribution in [-0.4, -0.2) is 82.6 Å². The zero-order chi connectivity index (χ0) is 30.1. The van der Waals surface area contributed by atoms with Gasteiger partial charge in [0.2, 0.25) is 11.7 Å².